The predicted molar refractivity (Wildman–Crippen MR) is 80.7 cm³/mol. The Kier molecular flexibility index (Phi) is 4.15. The number of hydrogen-bond donors (Lipinski definition) is 1. The molecule has 0 spiro atoms. The minimum absolute atomic E-state index is 0.0385. The summed E-state index contributed by atoms with van der Waals surface area (Å²) in [4.78, 5) is 26.0. The van der Waals surface area contributed by atoms with Gasteiger partial charge in [-0.2, -0.15) is 0 Å². The monoisotopic (exact) mass is 284 g/mol. The van der Waals surface area contributed by atoms with Crippen molar-refractivity contribution < 1.29 is 9.59 Å². The SMILES string of the molecule is O=C1CC(c2ccccc2)C(=O)N1CCC1=CCNCC1. The summed E-state index contributed by atoms with van der Waals surface area (Å²) >= 11 is 0. The molecule has 3 rings (SSSR count). The fourth-order valence-corrected chi connectivity index (χ4v) is 3.02. The molecule has 0 aliphatic carbocycles. The van der Waals surface area contributed by atoms with Crippen LogP contribution in [0.1, 0.15) is 30.7 Å². The first kappa shape index (κ1) is 14.0. The molecule has 1 N–H and O–H groups in total. The van der Waals surface area contributed by atoms with Gasteiger partial charge in [-0.05, 0) is 24.9 Å². The Morgan fingerprint density at radius 1 is 1.19 bits per heavy atom. The molecule has 1 fully saturated rings. The first-order valence-electron chi connectivity index (χ1n) is 7.53. The van der Waals surface area contributed by atoms with Crippen molar-refractivity contribution in [3.8, 4) is 0 Å². The lowest BCUT2D eigenvalue weighted by Crippen LogP contribution is -2.32. The number of rotatable bonds is 4. The Bertz CT molecular complexity index is 565. The predicted octanol–water partition coefficient (Wildman–Crippen LogP) is 1.84. The molecule has 0 bridgehead atoms. The lowest BCUT2D eigenvalue weighted by Gasteiger charge is -2.18. The van der Waals surface area contributed by atoms with Crippen molar-refractivity contribution in [3.05, 3.63) is 47.5 Å². The highest BCUT2D eigenvalue weighted by molar-refractivity contribution is 6.06. The Labute approximate surface area is 124 Å². The van der Waals surface area contributed by atoms with E-state index < -0.39 is 0 Å². The summed E-state index contributed by atoms with van der Waals surface area (Å²) in [5, 5.41) is 3.26. The molecule has 2 aliphatic rings. The van der Waals surface area contributed by atoms with E-state index in [0.717, 1.165) is 31.5 Å². The average molecular weight is 284 g/mol. The van der Waals surface area contributed by atoms with Crippen LogP contribution in [0.2, 0.25) is 0 Å². The molecule has 2 aliphatic heterocycles. The van der Waals surface area contributed by atoms with Gasteiger partial charge in [0.25, 0.3) is 0 Å². The highest BCUT2D eigenvalue weighted by atomic mass is 16.2. The Balaban J connectivity index is 1.65. The van der Waals surface area contributed by atoms with Gasteiger partial charge in [-0.3, -0.25) is 14.5 Å². The molecule has 110 valence electrons. The van der Waals surface area contributed by atoms with Crippen molar-refractivity contribution in [2.45, 2.75) is 25.2 Å². The zero-order valence-electron chi connectivity index (χ0n) is 12.0. The van der Waals surface area contributed by atoms with E-state index in [9.17, 15) is 9.59 Å². The van der Waals surface area contributed by atoms with Gasteiger partial charge in [-0.25, -0.2) is 0 Å². The van der Waals surface area contributed by atoms with E-state index in [2.05, 4.69) is 11.4 Å². The first-order valence-corrected chi connectivity index (χ1v) is 7.53. The second-order valence-electron chi connectivity index (χ2n) is 5.62. The molecular weight excluding hydrogens is 264 g/mol. The number of nitrogens with one attached hydrogen (secondary N) is 1. The van der Waals surface area contributed by atoms with Crippen LogP contribution in [0.15, 0.2) is 42.0 Å². The van der Waals surface area contributed by atoms with E-state index in [-0.39, 0.29) is 17.7 Å². The molecule has 4 nitrogen and oxygen atoms in total. The van der Waals surface area contributed by atoms with Crippen LogP contribution in [0, 0.1) is 0 Å². The Hall–Kier alpha value is -1.94. The third-order valence-electron chi connectivity index (χ3n) is 4.26. The third kappa shape index (κ3) is 3.05. The minimum Gasteiger partial charge on any atom is -0.313 e. The highest BCUT2D eigenvalue weighted by Crippen LogP contribution is 2.29. The molecule has 21 heavy (non-hydrogen) atoms. The van der Waals surface area contributed by atoms with Gasteiger partial charge in [0, 0.05) is 19.5 Å². The van der Waals surface area contributed by atoms with Crippen LogP contribution in [0.4, 0.5) is 0 Å². The lowest BCUT2D eigenvalue weighted by atomic mass is 9.98. The van der Waals surface area contributed by atoms with Gasteiger partial charge in [-0.1, -0.05) is 42.0 Å². The number of nitrogens with zero attached hydrogens (tertiary/aromatic N) is 1. The zero-order chi connectivity index (χ0) is 14.7. The molecular formula is C17H20N2O2. The van der Waals surface area contributed by atoms with Crippen LogP contribution in [0.25, 0.3) is 0 Å². The van der Waals surface area contributed by atoms with Crippen molar-refractivity contribution in [1.29, 1.82) is 0 Å². The van der Waals surface area contributed by atoms with Gasteiger partial charge >= 0.3 is 0 Å². The van der Waals surface area contributed by atoms with Gasteiger partial charge in [0.1, 0.15) is 0 Å². The van der Waals surface area contributed by atoms with E-state index in [4.69, 9.17) is 0 Å². The van der Waals surface area contributed by atoms with Gasteiger partial charge in [0.15, 0.2) is 0 Å². The average Bonchev–Trinajstić information content (AvgIpc) is 2.82. The smallest absolute Gasteiger partial charge is 0.237 e. The maximum absolute atomic E-state index is 12.5. The molecule has 4 heteroatoms. The summed E-state index contributed by atoms with van der Waals surface area (Å²) in [6, 6.07) is 9.60. The van der Waals surface area contributed by atoms with E-state index >= 15 is 0 Å². The summed E-state index contributed by atoms with van der Waals surface area (Å²) in [5.41, 5.74) is 2.29. The molecule has 1 unspecified atom stereocenters. The number of imide groups is 1. The molecule has 2 amide bonds. The van der Waals surface area contributed by atoms with Crippen LogP contribution < -0.4 is 5.32 Å². The number of likely N-dealkylation sites (tertiary alicyclic amines) is 1. The summed E-state index contributed by atoms with van der Waals surface area (Å²) in [5.74, 6) is -0.371. The van der Waals surface area contributed by atoms with Gasteiger partial charge in [0.05, 0.1) is 5.92 Å². The standard InChI is InChI=1S/C17H20N2O2/c20-16-12-15(14-4-2-1-3-5-14)17(21)19(16)11-8-13-6-9-18-10-7-13/h1-6,15,18H,7-12H2. The molecule has 0 aromatic heterocycles. The van der Waals surface area contributed by atoms with E-state index in [1.165, 1.54) is 10.5 Å². The first-order chi connectivity index (χ1) is 10.3. The molecule has 0 radical (unpaired) electrons. The molecule has 1 aromatic rings. The van der Waals surface area contributed by atoms with Crippen molar-refractivity contribution in [1.82, 2.24) is 10.2 Å². The largest absolute Gasteiger partial charge is 0.313 e. The molecule has 1 aromatic carbocycles. The second-order valence-corrected chi connectivity index (χ2v) is 5.62. The zero-order valence-corrected chi connectivity index (χ0v) is 12.0. The van der Waals surface area contributed by atoms with Gasteiger partial charge in [0.2, 0.25) is 11.8 Å². The van der Waals surface area contributed by atoms with Crippen LogP contribution in [0.5, 0.6) is 0 Å². The van der Waals surface area contributed by atoms with Gasteiger partial charge < -0.3 is 5.32 Å². The number of benzene rings is 1. The number of carbonyl (C=O) groups excluding carboxylic acids is 2. The maximum Gasteiger partial charge on any atom is 0.237 e. The van der Waals surface area contributed by atoms with E-state index in [1.54, 1.807) is 0 Å². The summed E-state index contributed by atoms with van der Waals surface area (Å²) in [6.07, 6.45) is 4.30. The van der Waals surface area contributed by atoms with Crippen molar-refractivity contribution in [3.63, 3.8) is 0 Å². The van der Waals surface area contributed by atoms with Gasteiger partial charge in [-0.15, -0.1) is 0 Å². The molecule has 1 atom stereocenters. The van der Waals surface area contributed by atoms with Crippen LogP contribution >= 0.6 is 0 Å². The van der Waals surface area contributed by atoms with Crippen molar-refractivity contribution in [2.75, 3.05) is 19.6 Å². The summed E-state index contributed by atoms with van der Waals surface area (Å²) < 4.78 is 0. The molecule has 0 saturated carbocycles. The normalized spacial score (nSPS) is 22.6. The summed E-state index contributed by atoms with van der Waals surface area (Å²) in [7, 11) is 0. The number of carbonyl (C=O) groups is 2. The molecule has 2 heterocycles. The van der Waals surface area contributed by atoms with E-state index in [0.29, 0.717) is 13.0 Å². The number of hydrogen-bond acceptors (Lipinski definition) is 3. The highest BCUT2D eigenvalue weighted by Gasteiger charge is 2.38. The Morgan fingerprint density at radius 2 is 2.00 bits per heavy atom. The minimum atomic E-state index is -0.291. The maximum atomic E-state index is 12.5. The van der Waals surface area contributed by atoms with Crippen molar-refractivity contribution >= 4 is 11.8 Å². The topological polar surface area (TPSA) is 49.4 Å². The molecule has 1 saturated heterocycles. The summed E-state index contributed by atoms with van der Waals surface area (Å²) in [6.45, 7) is 2.40. The fourth-order valence-electron chi connectivity index (χ4n) is 3.02. The lowest BCUT2D eigenvalue weighted by molar-refractivity contribution is -0.138. The third-order valence-corrected chi connectivity index (χ3v) is 4.26. The number of amides is 2. The van der Waals surface area contributed by atoms with Crippen LogP contribution in [-0.4, -0.2) is 36.3 Å². The van der Waals surface area contributed by atoms with E-state index in [1.807, 2.05) is 30.3 Å². The Morgan fingerprint density at radius 3 is 2.71 bits per heavy atom. The van der Waals surface area contributed by atoms with Crippen LogP contribution in [-0.2, 0) is 9.59 Å². The fraction of sp³-hybridized carbons (Fsp3) is 0.412. The van der Waals surface area contributed by atoms with Crippen LogP contribution in [0.3, 0.4) is 0 Å². The van der Waals surface area contributed by atoms with Crippen molar-refractivity contribution in [2.24, 2.45) is 0 Å². The quantitative estimate of drug-likeness (QED) is 0.678. The second kappa shape index (κ2) is 6.22.